The van der Waals surface area contributed by atoms with Crippen LogP contribution in [-0.2, 0) is 0 Å². The van der Waals surface area contributed by atoms with Crippen molar-refractivity contribution in [2.24, 2.45) is 5.10 Å². The molecule has 0 aromatic heterocycles. The molecule has 1 N–H and O–H groups in total. The number of nitrogens with one attached hydrogen (secondary N) is 1. The minimum atomic E-state index is -0.227. The molecule has 21 heavy (non-hydrogen) atoms. The van der Waals surface area contributed by atoms with Gasteiger partial charge in [0.05, 0.1) is 11.9 Å². The summed E-state index contributed by atoms with van der Waals surface area (Å²) in [6.45, 7) is 2.64. The Morgan fingerprint density at radius 2 is 1.71 bits per heavy atom. The molecule has 0 atom stereocenters. The van der Waals surface area contributed by atoms with Gasteiger partial charge in [0.25, 0.3) is 0 Å². The number of amides is 2. The van der Waals surface area contributed by atoms with Gasteiger partial charge in [-0.15, -0.1) is 0 Å². The zero-order valence-electron chi connectivity index (χ0n) is 12.1. The van der Waals surface area contributed by atoms with Crippen LogP contribution in [0.4, 0.5) is 10.5 Å². The quantitative estimate of drug-likeness (QED) is 0.660. The van der Waals surface area contributed by atoms with Crippen LogP contribution in [0.5, 0.6) is 0 Å². The van der Waals surface area contributed by atoms with E-state index in [1.807, 2.05) is 67.6 Å². The predicted octanol–water partition coefficient (Wildman–Crippen LogP) is 3.65. The lowest BCUT2D eigenvalue weighted by Gasteiger charge is -2.17. The zero-order chi connectivity index (χ0) is 14.9. The number of urea groups is 1. The van der Waals surface area contributed by atoms with Crippen LogP contribution in [0.3, 0.4) is 0 Å². The fourth-order valence-corrected chi connectivity index (χ4v) is 1.78. The minimum absolute atomic E-state index is 0.227. The second kappa shape index (κ2) is 7.85. The van der Waals surface area contributed by atoms with Gasteiger partial charge in [-0.1, -0.05) is 55.5 Å². The summed E-state index contributed by atoms with van der Waals surface area (Å²) in [6, 6.07) is 18.9. The topological polar surface area (TPSA) is 44.7 Å². The Labute approximate surface area is 125 Å². The highest BCUT2D eigenvalue weighted by Gasteiger charge is 2.13. The Morgan fingerprint density at radius 3 is 2.33 bits per heavy atom. The third-order valence-electron chi connectivity index (χ3n) is 2.84. The van der Waals surface area contributed by atoms with Gasteiger partial charge in [-0.05, 0) is 24.1 Å². The molecule has 2 amide bonds. The minimum Gasteiger partial charge on any atom is -0.336 e. The Bertz CT molecular complexity index is 581. The molecule has 108 valence electrons. The molecule has 0 aliphatic carbocycles. The molecule has 0 bridgehead atoms. The summed E-state index contributed by atoms with van der Waals surface area (Å²) in [7, 11) is 0. The van der Waals surface area contributed by atoms with E-state index in [2.05, 4.69) is 10.4 Å². The molecule has 4 heteroatoms. The Balaban J connectivity index is 2.20. The summed E-state index contributed by atoms with van der Waals surface area (Å²) in [6.07, 6.45) is 2.56. The first-order valence-corrected chi connectivity index (χ1v) is 7.03. The van der Waals surface area contributed by atoms with Crippen molar-refractivity contribution in [1.29, 1.82) is 0 Å². The van der Waals surface area contributed by atoms with Crippen molar-refractivity contribution in [2.45, 2.75) is 13.3 Å². The van der Waals surface area contributed by atoms with Crippen molar-refractivity contribution in [1.82, 2.24) is 5.32 Å². The van der Waals surface area contributed by atoms with Crippen LogP contribution in [0.1, 0.15) is 18.9 Å². The first kappa shape index (κ1) is 14.8. The van der Waals surface area contributed by atoms with Crippen LogP contribution < -0.4 is 10.3 Å². The average Bonchev–Trinajstić information content (AvgIpc) is 2.55. The van der Waals surface area contributed by atoms with Crippen molar-refractivity contribution in [2.75, 3.05) is 11.6 Å². The number of para-hydroxylation sites is 1. The SMILES string of the molecule is CCCNC(=O)N(/N=C/c1ccccc1)c1ccccc1. The van der Waals surface area contributed by atoms with Crippen molar-refractivity contribution in [3.63, 3.8) is 0 Å². The van der Waals surface area contributed by atoms with Crippen LogP contribution >= 0.6 is 0 Å². The van der Waals surface area contributed by atoms with E-state index in [0.717, 1.165) is 17.7 Å². The maximum Gasteiger partial charge on any atom is 0.342 e. The van der Waals surface area contributed by atoms with Crippen LogP contribution in [0.2, 0.25) is 0 Å². The van der Waals surface area contributed by atoms with Gasteiger partial charge in [0.15, 0.2) is 0 Å². The number of nitrogens with zero attached hydrogens (tertiary/aromatic N) is 2. The van der Waals surface area contributed by atoms with Crippen molar-refractivity contribution in [3.8, 4) is 0 Å². The van der Waals surface area contributed by atoms with Crippen molar-refractivity contribution in [3.05, 3.63) is 66.2 Å². The number of anilines is 1. The molecule has 0 aliphatic rings. The van der Waals surface area contributed by atoms with Crippen LogP contribution in [0, 0.1) is 0 Å². The Kier molecular flexibility index (Phi) is 5.52. The normalized spacial score (nSPS) is 10.5. The smallest absolute Gasteiger partial charge is 0.336 e. The van der Waals surface area contributed by atoms with Crippen LogP contribution in [0.15, 0.2) is 65.8 Å². The summed E-state index contributed by atoms with van der Waals surface area (Å²) >= 11 is 0. The standard InChI is InChI=1S/C17H19N3O/c1-2-13-18-17(21)20(16-11-7-4-8-12-16)19-14-15-9-5-3-6-10-15/h3-12,14H,2,13H2,1H3,(H,18,21)/b19-14+. The molecule has 4 nitrogen and oxygen atoms in total. The highest BCUT2D eigenvalue weighted by molar-refractivity contribution is 5.93. The molecule has 2 aromatic carbocycles. The average molecular weight is 281 g/mol. The van der Waals surface area contributed by atoms with Gasteiger partial charge in [0.1, 0.15) is 0 Å². The summed E-state index contributed by atoms with van der Waals surface area (Å²) in [5.41, 5.74) is 1.68. The largest absolute Gasteiger partial charge is 0.342 e. The van der Waals surface area contributed by atoms with E-state index < -0.39 is 0 Å². The molecule has 0 saturated carbocycles. The molecule has 0 fully saturated rings. The van der Waals surface area contributed by atoms with Crippen LogP contribution in [0.25, 0.3) is 0 Å². The molecule has 0 unspecified atom stereocenters. The van der Waals surface area contributed by atoms with Gasteiger partial charge < -0.3 is 5.32 Å². The second-order valence-corrected chi connectivity index (χ2v) is 4.53. The zero-order valence-corrected chi connectivity index (χ0v) is 12.1. The lowest BCUT2D eigenvalue weighted by atomic mass is 10.2. The molecule has 0 saturated heterocycles. The van der Waals surface area contributed by atoms with Crippen LogP contribution in [-0.4, -0.2) is 18.8 Å². The highest BCUT2D eigenvalue weighted by atomic mass is 16.2. The van der Waals surface area contributed by atoms with Gasteiger partial charge in [0.2, 0.25) is 0 Å². The summed E-state index contributed by atoms with van der Waals surface area (Å²) in [5, 5.41) is 8.53. The molecule has 0 aliphatic heterocycles. The number of benzene rings is 2. The van der Waals surface area contributed by atoms with E-state index in [1.54, 1.807) is 6.21 Å². The third-order valence-corrected chi connectivity index (χ3v) is 2.84. The maximum absolute atomic E-state index is 12.2. The lowest BCUT2D eigenvalue weighted by molar-refractivity contribution is 0.246. The molecular weight excluding hydrogens is 262 g/mol. The van der Waals surface area contributed by atoms with E-state index in [-0.39, 0.29) is 6.03 Å². The van der Waals surface area contributed by atoms with Gasteiger partial charge in [-0.3, -0.25) is 0 Å². The number of carbonyl (C=O) groups excluding carboxylic acids is 1. The molecule has 0 spiro atoms. The number of hydrogen-bond acceptors (Lipinski definition) is 2. The molecule has 2 aromatic rings. The molecule has 2 rings (SSSR count). The van der Waals surface area contributed by atoms with Gasteiger partial charge >= 0.3 is 6.03 Å². The third kappa shape index (κ3) is 4.45. The fraction of sp³-hybridized carbons (Fsp3) is 0.176. The van der Waals surface area contributed by atoms with E-state index in [4.69, 9.17) is 0 Å². The van der Waals surface area contributed by atoms with Gasteiger partial charge in [-0.2, -0.15) is 10.1 Å². The maximum atomic E-state index is 12.2. The van der Waals surface area contributed by atoms with E-state index in [9.17, 15) is 4.79 Å². The first-order valence-electron chi connectivity index (χ1n) is 7.03. The first-order chi connectivity index (χ1) is 10.3. The fourth-order valence-electron chi connectivity index (χ4n) is 1.78. The number of hydrogen-bond donors (Lipinski definition) is 1. The van der Waals surface area contributed by atoms with E-state index in [1.165, 1.54) is 5.01 Å². The highest BCUT2D eigenvalue weighted by Crippen LogP contribution is 2.14. The van der Waals surface area contributed by atoms with Crippen molar-refractivity contribution < 1.29 is 4.79 Å². The number of rotatable bonds is 5. The monoisotopic (exact) mass is 281 g/mol. The van der Waals surface area contributed by atoms with Crippen molar-refractivity contribution >= 4 is 17.9 Å². The van der Waals surface area contributed by atoms with Gasteiger partial charge in [-0.25, -0.2) is 4.79 Å². The predicted molar refractivity (Wildman–Crippen MR) is 86.6 cm³/mol. The molecule has 0 heterocycles. The second-order valence-electron chi connectivity index (χ2n) is 4.53. The Hall–Kier alpha value is -2.62. The number of carbonyl (C=O) groups is 1. The molecular formula is C17H19N3O. The van der Waals surface area contributed by atoms with Gasteiger partial charge in [0, 0.05) is 6.54 Å². The summed E-state index contributed by atoms with van der Waals surface area (Å²) in [5.74, 6) is 0. The van der Waals surface area contributed by atoms with E-state index in [0.29, 0.717) is 6.54 Å². The lowest BCUT2D eigenvalue weighted by Crippen LogP contribution is -2.37. The summed E-state index contributed by atoms with van der Waals surface area (Å²) in [4.78, 5) is 12.2. The molecule has 0 radical (unpaired) electrons. The number of hydrazone groups is 1. The summed E-state index contributed by atoms with van der Waals surface area (Å²) < 4.78 is 0. The van der Waals surface area contributed by atoms with E-state index >= 15 is 0 Å². The Morgan fingerprint density at radius 1 is 1.10 bits per heavy atom.